The third-order valence-corrected chi connectivity index (χ3v) is 3.44. The number of nitro benzene ring substituents is 1. The highest BCUT2D eigenvalue weighted by Crippen LogP contribution is 2.37. The zero-order valence-corrected chi connectivity index (χ0v) is 12.5. The molecule has 0 radical (unpaired) electrons. The molecule has 0 heterocycles. The Morgan fingerprint density at radius 3 is 2.40 bits per heavy atom. The number of aliphatic carboxylic acids is 1. The minimum Gasteiger partial charge on any atom is -0.481 e. The van der Waals surface area contributed by atoms with Gasteiger partial charge in [-0.3, -0.25) is 14.9 Å². The van der Waals surface area contributed by atoms with Crippen LogP contribution in [0.25, 0.3) is 0 Å². The Hall–Kier alpha value is -1.53. The molecule has 0 unspecified atom stereocenters. The number of anilines is 1. The second kappa shape index (κ2) is 6.76. The normalized spacial score (nSPS) is 10.7. The summed E-state index contributed by atoms with van der Waals surface area (Å²) in [6, 6.07) is 2.45. The lowest BCUT2D eigenvalue weighted by molar-refractivity contribution is -0.384. The summed E-state index contributed by atoms with van der Waals surface area (Å²) >= 11 is 11.7. The first-order chi connectivity index (χ1) is 9.23. The molecular formula is C12H14Cl2N2O4. The largest absolute Gasteiger partial charge is 0.481 e. The maximum absolute atomic E-state index is 11.1. The van der Waals surface area contributed by atoms with Crippen molar-refractivity contribution in [1.82, 2.24) is 0 Å². The van der Waals surface area contributed by atoms with Crippen molar-refractivity contribution < 1.29 is 14.8 Å². The summed E-state index contributed by atoms with van der Waals surface area (Å²) in [5.74, 6) is -0.974. The van der Waals surface area contributed by atoms with Crippen molar-refractivity contribution in [3.63, 3.8) is 0 Å². The molecule has 110 valence electrons. The summed E-state index contributed by atoms with van der Waals surface area (Å²) < 4.78 is 0. The summed E-state index contributed by atoms with van der Waals surface area (Å²) in [6.07, 6.45) is -0.129. The van der Waals surface area contributed by atoms with Gasteiger partial charge in [0.25, 0.3) is 5.69 Å². The van der Waals surface area contributed by atoms with E-state index in [1.807, 2.05) is 13.8 Å². The third-order valence-electron chi connectivity index (χ3n) is 2.71. The highest BCUT2D eigenvalue weighted by Gasteiger charge is 2.24. The molecule has 1 N–H and O–H groups in total. The van der Waals surface area contributed by atoms with E-state index in [0.717, 1.165) is 0 Å². The molecule has 0 atom stereocenters. The standard InChI is InChI=1S/C12H14Cl2N2O4/c1-7(2)15(4-3-12(17)18)10-5-8(13)9(14)6-11(10)16(19)20/h5-7H,3-4H2,1-2H3,(H,17,18). The molecule has 0 spiro atoms. The molecule has 0 aliphatic heterocycles. The maximum atomic E-state index is 11.1. The van der Waals surface area contributed by atoms with Gasteiger partial charge in [0.15, 0.2) is 0 Å². The Morgan fingerprint density at radius 2 is 1.95 bits per heavy atom. The van der Waals surface area contributed by atoms with E-state index >= 15 is 0 Å². The highest BCUT2D eigenvalue weighted by molar-refractivity contribution is 6.42. The lowest BCUT2D eigenvalue weighted by Gasteiger charge is -2.28. The number of halogens is 2. The Bertz CT molecular complexity index is 534. The van der Waals surface area contributed by atoms with Gasteiger partial charge in [0, 0.05) is 18.7 Å². The van der Waals surface area contributed by atoms with E-state index in [4.69, 9.17) is 28.3 Å². The van der Waals surface area contributed by atoms with Gasteiger partial charge in [0.05, 0.1) is 21.4 Å². The second-order valence-corrected chi connectivity index (χ2v) is 5.26. The second-order valence-electron chi connectivity index (χ2n) is 4.44. The zero-order valence-electron chi connectivity index (χ0n) is 11.0. The molecule has 6 nitrogen and oxygen atoms in total. The molecule has 0 aromatic heterocycles. The highest BCUT2D eigenvalue weighted by atomic mass is 35.5. The van der Waals surface area contributed by atoms with Crippen molar-refractivity contribution in [2.45, 2.75) is 26.3 Å². The Balaban J connectivity index is 3.27. The monoisotopic (exact) mass is 320 g/mol. The fourth-order valence-electron chi connectivity index (χ4n) is 1.78. The van der Waals surface area contributed by atoms with Crippen molar-refractivity contribution >= 4 is 40.5 Å². The zero-order chi connectivity index (χ0) is 15.4. The van der Waals surface area contributed by atoms with E-state index < -0.39 is 10.9 Å². The minimum absolute atomic E-state index is 0.0871. The first-order valence-electron chi connectivity index (χ1n) is 5.86. The quantitative estimate of drug-likeness (QED) is 0.639. The molecule has 0 aliphatic rings. The summed E-state index contributed by atoms with van der Waals surface area (Å²) in [5.41, 5.74) is 0.0686. The molecule has 0 saturated heterocycles. The third kappa shape index (κ3) is 3.98. The van der Waals surface area contributed by atoms with E-state index in [1.54, 1.807) is 4.90 Å². The minimum atomic E-state index is -0.974. The number of nitro groups is 1. The SMILES string of the molecule is CC(C)N(CCC(=O)O)c1cc(Cl)c(Cl)cc1[N+](=O)[O-]. The van der Waals surface area contributed by atoms with Crippen LogP contribution < -0.4 is 4.90 Å². The summed E-state index contributed by atoms with van der Waals surface area (Å²) in [7, 11) is 0. The fraction of sp³-hybridized carbons (Fsp3) is 0.417. The van der Waals surface area contributed by atoms with Gasteiger partial charge < -0.3 is 10.0 Å². The Kier molecular flexibility index (Phi) is 5.59. The smallest absolute Gasteiger partial charge is 0.305 e. The van der Waals surface area contributed by atoms with E-state index in [9.17, 15) is 14.9 Å². The molecule has 0 saturated carbocycles. The lowest BCUT2D eigenvalue weighted by atomic mass is 10.2. The molecule has 8 heteroatoms. The average Bonchev–Trinajstić information content (AvgIpc) is 2.32. The summed E-state index contributed by atoms with van der Waals surface area (Å²) in [4.78, 5) is 22.9. The number of carbonyl (C=O) groups is 1. The molecule has 0 amide bonds. The van der Waals surface area contributed by atoms with Gasteiger partial charge in [-0.15, -0.1) is 0 Å². The van der Waals surface area contributed by atoms with Crippen molar-refractivity contribution in [3.8, 4) is 0 Å². The molecule has 20 heavy (non-hydrogen) atoms. The number of carboxylic acid groups (broad SMARTS) is 1. The number of carboxylic acids is 1. The topological polar surface area (TPSA) is 83.7 Å². The summed E-state index contributed by atoms with van der Waals surface area (Å²) in [6.45, 7) is 3.77. The number of nitrogens with zero attached hydrogens (tertiary/aromatic N) is 2. The van der Waals surface area contributed by atoms with Gasteiger partial charge in [-0.1, -0.05) is 23.2 Å². The Labute approximate surface area is 126 Å². The van der Waals surface area contributed by atoms with Crippen LogP contribution in [0.2, 0.25) is 10.0 Å². The predicted octanol–water partition coefficient (Wildman–Crippen LogP) is 3.59. The van der Waals surface area contributed by atoms with E-state index in [2.05, 4.69) is 0 Å². The molecule has 0 fully saturated rings. The number of benzene rings is 1. The maximum Gasteiger partial charge on any atom is 0.305 e. The van der Waals surface area contributed by atoms with Gasteiger partial charge in [-0.25, -0.2) is 0 Å². The number of hydrogen-bond acceptors (Lipinski definition) is 4. The van der Waals surface area contributed by atoms with Gasteiger partial charge in [-0.05, 0) is 19.9 Å². The molecule has 0 bridgehead atoms. The first-order valence-corrected chi connectivity index (χ1v) is 6.61. The van der Waals surface area contributed by atoms with Crippen LogP contribution in [0.3, 0.4) is 0 Å². The predicted molar refractivity (Wildman–Crippen MR) is 77.9 cm³/mol. The van der Waals surface area contributed by atoms with Crippen LogP contribution in [0.4, 0.5) is 11.4 Å². The van der Waals surface area contributed by atoms with E-state index in [1.165, 1.54) is 12.1 Å². The van der Waals surface area contributed by atoms with Crippen molar-refractivity contribution in [2.75, 3.05) is 11.4 Å². The summed E-state index contributed by atoms with van der Waals surface area (Å²) in [5, 5.41) is 20.1. The van der Waals surface area contributed by atoms with Crippen LogP contribution in [0, 0.1) is 10.1 Å². The first kappa shape index (κ1) is 16.5. The van der Waals surface area contributed by atoms with Crippen LogP contribution in [0.15, 0.2) is 12.1 Å². The van der Waals surface area contributed by atoms with Gasteiger partial charge >= 0.3 is 5.97 Å². The van der Waals surface area contributed by atoms with Crippen molar-refractivity contribution in [2.24, 2.45) is 0 Å². The van der Waals surface area contributed by atoms with Crippen molar-refractivity contribution in [1.29, 1.82) is 0 Å². The molecule has 1 aromatic rings. The molecule has 1 rings (SSSR count). The van der Waals surface area contributed by atoms with Crippen LogP contribution >= 0.6 is 23.2 Å². The van der Waals surface area contributed by atoms with Crippen LogP contribution in [0.5, 0.6) is 0 Å². The lowest BCUT2D eigenvalue weighted by Crippen LogP contribution is -2.33. The van der Waals surface area contributed by atoms with Gasteiger partial charge in [0.2, 0.25) is 0 Å². The molecular weight excluding hydrogens is 307 g/mol. The molecule has 1 aromatic carbocycles. The number of hydrogen-bond donors (Lipinski definition) is 1. The van der Waals surface area contributed by atoms with E-state index in [-0.39, 0.29) is 40.4 Å². The van der Waals surface area contributed by atoms with Crippen LogP contribution in [-0.4, -0.2) is 28.6 Å². The van der Waals surface area contributed by atoms with Crippen molar-refractivity contribution in [3.05, 3.63) is 32.3 Å². The van der Waals surface area contributed by atoms with Crippen LogP contribution in [-0.2, 0) is 4.79 Å². The number of rotatable bonds is 6. The fourth-order valence-corrected chi connectivity index (χ4v) is 2.09. The van der Waals surface area contributed by atoms with Gasteiger partial charge in [0.1, 0.15) is 5.69 Å². The van der Waals surface area contributed by atoms with Gasteiger partial charge in [-0.2, -0.15) is 0 Å². The van der Waals surface area contributed by atoms with E-state index in [0.29, 0.717) is 0 Å². The Morgan fingerprint density at radius 1 is 1.40 bits per heavy atom. The molecule has 0 aliphatic carbocycles. The van der Waals surface area contributed by atoms with Crippen LogP contribution in [0.1, 0.15) is 20.3 Å². The average molecular weight is 321 g/mol.